The summed E-state index contributed by atoms with van der Waals surface area (Å²) < 4.78 is 3.91. The van der Waals surface area contributed by atoms with Crippen LogP contribution in [0.4, 0.5) is 5.82 Å². The first-order valence-electron chi connectivity index (χ1n) is 5.93. The number of hydrogen-bond acceptors (Lipinski definition) is 4. The lowest BCUT2D eigenvalue weighted by Crippen LogP contribution is -2.06. The molecule has 6 nitrogen and oxygen atoms in total. The second-order valence-electron chi connectivity index (χ2n) is 4.32. The van der Waals surface area contributed by atoms with Gasteiger partial charge in [-0.25, -0.2) is 9.97 Å². The topological polar surface area (TPSA) is 74.5 Å². The Hall–Kier alpha value is -2.63. The lowest BCUT2D eigenvalue weighted by Gasteiger charge is -2.08. The minimum atomic E-state index is 0.505. The third-order valence-corrected chi connectivity index (χ3v) is 3.04. The largest absolute Gasteiger partial charge is 0.384 e. The van der Waals surface area contributed by atoms with Crippen LogP contribution in [0.2, 0.25) is 0 Å². The van der Waals surface area contributed by atoms with Gasteiger partial charge in [0.25, 0.3) is 0 Å². The summed E-state index contributed by atoms with van der Waals surface area (Å²) in [6.45, 7) is 0.716. The van der Waals surface area contributed by atoms with Crippen LogP contribution in [0.25, 0.3) is 11.3 Å². The Bertz CT molecular complexity index is 696. The van der Waals surface area contributed by atoms with E-state index in [2.05, 4.69) is 19.6 Å². The van der Waals surface area contributed by atoms with Gasteiger partial charge in [0.1, 0.15) is 5.82 Å². The van der Waals surface area contributed by atoms with Gasteiger partial charge in [-0.1, -0.05) is 0 Å². The zero-order valence-corrected chi connectivity index (χ0v) is 10.6. The maximum absolute atomic E-state index is 5.72. The first-order valence-corrected chi connectivity index (χ1v) is 5.93. The van der Waals surface area contributed by atoms with Crippen LogP contribution in [-0.4, -0.2) is 24.3 Å². The number of anilines is 1. The van der Waals surface area contributed by atoms with E-state index in [1.807, 2.05) is 36.1 Å². The van der Waals surface area contributed by atoms with Gasteiger partial charge in [0.15, 0.2) is 0 Å². The molecule has 0 aromatic carbocycles. The second-order valence-corrected chi connectivity index (χ2v) is 4.32. The third kappa shape index (κ3) is 2.20. The molecule has 0 amide bonds. The SMILES string of the molecule is Cn1nccc1Cn1cncc1-c1ccnc(N)c1. The zero-order chi connectivity index (χ0) is 13.2. The molecule has 2 N–H and O–H groups in total. The van der Waals surface area contributed by atoms with Crippen LogP contribution < -0.4 is 5.73 Å². The van der Waals surface area contributed by atoms with Crippen LogP contribution in [0.1, 0.15) is 5.69 Å². The summed E-state index contributed by atoms with van der Waals surface area (Å²) in [4.78, 5) is 8.21. The number of hydrogen-bond donors (Lipinski definition) is 1. The van der Waals surface area contributed by atoms with Crippen molar-refractivity contribution in [2.75, 3.05) is 5.73 Å². The fourth-order valence-corrected chi connectivity index (χ4v) is 2.03. The number of imidazole rings is 1. The first kappa shape index (κ1) is 11.5. The van der Waals surface area contributed by atoms with Gasteiger partial charge in [0.2, 0.25) is 0 Å². The molecule has 0 aliphatic rings. The summed E-state index contributed by atoms with van der Waals surface area (Å²) in [5.41, 5.74) is 8.85. The molecule has 3 aromatic heterocycles. The predicted octanol–water partition coefficient (Wildman–Crippen LogP) is 1.31. The molecule has 3 rings (SSSR count). The first-order chi connectivity index (χ1) is 9.24. The molecule has 0 aliphatic heterocycles. The molecule has 0 unspecified atom stereocenters. The quantitative estimate of drug-likeness (QED) is 0.764. The van der Waals surface area contributed by atoms with E-state index in [0.29, 0.717) is 12.4 Å². The molecule has 0 fully saturated rings. The van der Waals surface area contributed by atoms with Crippen LogP contribution >= 0.6 is 0 Å². The number of aryl methyl sites for hydroxylation is 1. The van der Waals surface area contributed by atoms with E-state index in [1.165, 1.54) is 0 Å². The Kier molecular flexibility index (Phi) is 2.75. The predicted molar refractivity (Wildman–Crippen MR) is 72.2 cm³/mol. The zero-order valence-electron chi connectivity index (χ0n) is 10.6. The van der Waals surface area contributed by atoms with E-state index in [4.69, 9.17) is 5.73 Å². The van der Waals surface area contributed by atoms with E-state index in [9.17, 15) is 0 Å². The number of nitrogens with two attached hydrogens (primary N) is 1. The molecule has 3 aromatic rings. The van der Waals surface area contributed by atoms with Crippen molar-refractivity contribution in [1.82, 2.24) is 24.3 Å². The lowest BCUT2D eigenvalue weighted by molar-refractivity contribution is 0.669. The molecule has 19 heavy (non-hydrogen) atoms. The summed E-state index contributed by atoms with van der Waals surface area (Å²) in [5.74, 6) is 0.505. The van der Waals surface area contributed by atoms with Crippen molar-refractivity contribution in [3.05, 3.63) is 48.8 Å². The molecule has 0 radical (unpaired) electrons. The number of pyridine rings is 1. The van der Waals surface area contributed by atoms with Crippen molar-refractivity contribution in [2.24, 2.45) is 7.05 Å². The Balaban J connectivity index is 1.97. The summed E-state index contributed by atoms with van der Waals surface area (Å²) >= 11 is 0. The van der Waals surface area contributed by atoms with Crippen LogP contribution in [0, 0.1) is 0 Å². The fourth-order valence-electron chi connectivity index (χ4n) is 2.03. The van der Waals surface area contributed by atoms with Crippen molar-refractivity contribution in [2.45, 2.75) is 6.54 Å². The van der Waals surface area contributed by atoms with Crippen molar-refractivity contribution >= 4 is 5.82 Å². The molecular formula is C13H14N6. The van der Waals surface area contributed by atoms with Crippen LogP contribution in [-0.2, 0) is 13.6 Å². The van der Waals surface area contributed by atoms with E-state index >= 15 is 0 Å². The van der Waals surface area contributed by atoms with Gasteiger partial charge in [-0.3, -0.25) is 4.68 Å². The lowest BCUT2D eigenvalue weighted by atomic mass is 10.2. The highest BCUT2D eigenvalue weighted by atomic mass is 15.3. The van der Waals surface area contributed by atoms with Crippen molar-refractivity contribution in [1.29, 1.82) is 0 Å². The maximum Gasteiger partial charge on any atom is 0.123 e. The van der Waals surface area contributed by atoms with Crippen LogP contribution in [0.5, 0.6) is 0 Å². The number of aromatic nitrogens is 5. The molecule has 6 heteroatoms. The summed E-state index contributed by atoms with van der Waals surface area (Å²) in [7, 11) is 1.93. The highest BCUT2D eigenvalue weighted by Gasteiger charge is 2.08. The van der Waals surface area contributed by atoms with Gasteiger partial charge in [0.05, 0.1) is 30.5 Å². The van der Waals surface area contributed by atoms with Gasteiger partial charge in [-0.05, 0) is 18.2 Å². The smallest absolute Gasteiger partial charge is 0.123 e. The average Bonchev–Trinajstić information content (AvgIpc) is 3.00. The van der Waals surface area contributed by atoms with Gasteiger partial charge in [-0.15, -0.1) is 0 Å². The summed E-state index contributed by atoms with van der Waals surface area (Å²) in [6, 6.07) is 5.76. The molecule has 0 bridgehead atoms. The van der Waals surface area contributed by atoms with E-state index < -0.39 is 0 Å². The number of nitrogens with zero attached hydrogens (tertiary/aromatic N) is 5. The Morgan fingerprint density at radius 3 is 2.89 bits per heavy atom. The van der Waals surface area contributed by atoms with Gasteiger partial charge < -0.3 is 10.3 Å². The Labute approximate surface area is 110 Å². The molecule has 0 aliphatic carbocycles. The maximum atomic E-state index is 5.72. The third-order valence-electron chi connectivity index (χ3n) is 3.04. The highest BCUT2D eigenvalue weighted by molar-refractivity contribution is 5.61. The molecule has 3 heterocycles. The summed E-state index contributed by atoms with van der Waals surface area (Å²) in [5, 5.41) is 4.17. The van der Waals surface area contributed by atoms with E-state index in [-0.39, 0.29) is 0 Å². The number of nitrogen functional groups attached to an aromatic ring is 1. The van der Waals surface area contributed by atoms with Crippen LogP contribution in [0.3, 0.4) is 0 Å². The monoisotopic (exact) mass is 254 g/mol. The summed E-state index contributed by atoms with van der Waals surface area (Å²) in [6.07, 6.45) is 7.12. The molecular weight excluding hydrogens is 240 g/mol. The van der Waals surface area contributed by atoms with Gasteiger partial charge in [-0.2, -0.15) is 5.10 Å². The van der Waals surface area contributed by atoms with Crippen molar-refractivity contribution in [3.8, 4) is 11.3 Å². The fraction of sp³-hybridized carbons (Fsp3) is 0.154. The molecule has 0 saturated carbocycles. The molecule has 0 saturated heterocycles. The van der Waals surface area contributed by atoms with Crippen molar-refractivity contribution in [3.63, 3.8) is 0 Å². The highest BCUT2D eigenvalue weighted by Crippen LogP contribution is 2.20. The number of rotatable bonds is 3. The minimum Gasteiger partial charge on any atom is -0.384 e. The molecule has 0 atom stereocenters. The van der Waals surface area contributed by atoms with Gasteiger partial charge >= 0.3 is 0 Å². The average molecular weight is 254 g/mol. The molecule has 0 spiro atoms. The Morgan fingerprint density at radius 2 is 2.16 bits per heavy atom. The van der Waals surface area contributed by atoms with Crippen molar-refractivity contribution < 1.29 is 0 Å². The van der Waals surface area contributed by atoms with Crippen LogP contribution in [0.15, 0.2) is 43.1 Å². The van der Waals surface area contributed by atoms with E-state index in [0.717, 1.165) is 17.0 Å². The normalized spacial score (nSPS) is 10.8. The minimum absolute atomic E-state index is 0.505. The molecule has 96 valence electrons. The van der Waals surface area contributed by atoms with Gasteiger partial charge in [0, 0.05) is 25.0 Å². The Morgan fingerprint density at radius 1 is 1.26 bits per heavy atom. The standard InChI is InChI=1S/C13H14N6/c1-18-11(3-5-17-18)8-19-9-15-7-12(19)10-2-4-16-13(14)6-10/h2-7,9H,8H2,1H3,(H2,14,16). The van der Waals surface area contributed by atoms with E-state index in [1.54, 1.807) is 18.7 Å². The second kappa shape index (κ2) is 4.56.